The molecular weight excluding hydrogens is 448 g/mol. The smallest absolute Gasteiger partial charge is 0.253 e. The van der Waals surface area contributed by atoms with Gasteiger partial charge >= 0.3 is 0 Å². The van der Waals surface area contributed by atoms with Crippen molar-refractivity contribution in [1.82, 2.24) is 30.1 Å². The van der Waals surface area contributed by atoms with Crippen molar-refractivity contribution in [2.24, 2.45) is 0 Å². The molecule has 1 aliphatic heterocycles. The van der Waals surface area contributed by atoms with E-state index < -0.39 is 0 Å². The first kappa shape index (κ1) is 22.4. The topological polar surface area (TPSA) is 79.7 Å². The lowest BCUT2D eigenvalue weighted by atomic mass is 9.95. The fourth-order valence-corrected chi connectivity index (χ4v) is 5.21. The zero-order valence-corrected chi connectivity index (χ0v) is 20.3. The molecule has 3 aromatic carbocycles. The van der Waals surface area contributed by atoms with Gasteiger partial charge in [-0.15, -0.1) is 5.10 Å². The van der Waals surface area contributed by atoms with E-state index >= 15 is 0 Å². The summed E-state index contributed by atoms with van der Waals surface area (Å²) in [4.78, 5) is 19.0. The third kappa shape index (κ3) is 4.22. The lowest BCUT2D eigenvalue weighted by Gasteiger charge is -2.34. The Kier molecular flexibility index (Phi) is 5.91. The molecule has 0 fully saturated rings. The van der Waals surface area contributed by atoms with Crippen molar-refractivity contribution in [3.05, 3.63) is 123 Å². The number of nitrogens with zero attached hydrogens (tertiary/aromatic N) is 5. The van der Waals surface area contributed by atoms with Crippen LogP contribution in [0.1, 0.15) is 46.6 Å². The number of pyridine rings is 1. The summed E-state index contributed by atoms with van der Waals surface area (Å²) in [6.45, 7) is 4.22. The number of H-pyrrole nitrogens is 1. The second-order valence-corrected chi connectivity index (χ2v) is 9.40. The van der Waals surface area contributed by atoms with E-state index in [0.717, 1.165) is 42.4 Å². The second kappa shape index (κ2) is 9.51. The van der Waals surface area contributed by atoms with Crippen molar-refractivity contribution >= 4 is 10.9 Å². The average Bonchev–Trinajstić information content (AvgIpc) is 3.37. The van der Waals surface area contributed by atoms with Crippen LogP contribution in [0.25, 0.3) is 10.9 Å². The van der Waals surface area contributed by atoms with Gasteiger partial charge in [0.05, 0.1) is 6.54 Å². The molecule has 7 nitrogen and oxygen atoms in total. The quantitative estimate of drug-likeness (QED) is 0.396. The normalized spacial score (nSPS) is 14.6. The number of hydrogen-bond acceptors (Lipinski definition) is 5. The maximum Gasteiger partial charge on any atom is 0.253 e. The third-order valence-corrected chi connectivity index (χ3v) is 7.14. The molecule has 2 aromatic heterocycles. The highest BCUT2D eigenvalue weighted by Gasteiger charge is 2.32. The Labute approximate surface area is 209 Å². The van der Waals surface area contributed by atoms with Crippen LogP contribution in [-0.2, 0) is 25.9 Å². The number of aryl methyl sites for hydroxylation is 1. The first-order valence-electron chi connectivity index (χ1n) is 12.5. The Bertz CT molecular complexity index is 1570. The molecule has 0 aliphatic carbocycles. The van der Waals surface area contributed by atoms with Gasteiger partial charge in [0.15, 0.2) is 5.82 Å². The maximum atomic E-state index is 13.5. The molecule has 1 N–H and O–H groups in total. The van der Waals surface area contributed by atoms with Crippen LogP contribution < -0.4 is 5.56 Å². The molecule has 0 amide bonds. The Morgan fingerprint density at radius 2 is 1.75 bits per heavy atom. The van der Waals surface area contributed by atoms with Crippen molar-refractivity contribution in [1.29, 1.82) is 0 Å². The lowest BCUT2D eigenvalue weighted by molar-refractivity contribution is 0.194. The van der Waals surface area contributed by atoms with Crippen molar-refractivity contribution in [2.75, 3.05) is 6.54 Å². The standard InChI is InChI=1S/C29H28N6O/c1-2-20-12-13-26-24(16-20)17-25(29(36)30-26)27(34-15-14-22-10-6-7-11-23(22)19-34)28-31-32-33-35(28)18-21-8-4-3-5-9-21/h3-13,16-17,27H,2,14-15,18-19H2,1H3,(H,30,36)/t27-/m1/s1. The van der Waals surface area contributed by atoms with Gasteiger partial charge in [-0.05, 0) is 69.1 Å². The predicted octanol–water partition coefficient (Wildman–Crippen LogP) is 4.27. The third-order valence-electron chi connectivity index (χ3n) is 7.14. The number of aromatic amines is 1. The van der Waals surface area contributed by atoms with E-state index in [1.54, 1.807) is 0 Å². The summed E-state index contributed by atoms with van der Waals surface area (Å²) in [6.07, 6.45) is 1.85. The van der Waals surface area contributed by atoms with Gasteiger partial charge in [-0.3, -0.25) is 9.69 Å². The van der Waals surface area contributed by atoms with Crippen molar-refractivity contribution in [3.63, 3.8) is 0 Å². The van der Waals surface area contributed by atoms with Crippen LogP contribution in [0.5, 0.6) is 0 Å². The Morgan fingerprint density at radius 3 is 2.58 bits per heavy atom. The number of hydrogen-bond donors (Lipinski definition) is 1. The van der Waals surface area contributed by atoms with Gasteiger partial charge in [0.1, 0.15) is 6.04 Å². The molecule has 7 heteroatoms. The van der Waals surface area contributed by atoms with Gasteiger partial charge in [0.25, 0.3) is 5.56 Å². The monoisotopic (exact) mass is 476 g/mol. The summed E-state index contributed by atoms with van der Waals surface area (Å²) >= 11 is 0. The van der Waals surface area contributed by atoms with Crippen LogP contribution in [0.4, 0.5) is 0 Å². The van der Waals surface area contributed by atoms with E-state index in [1.807, 2.05) is 35.0 Å². The summed E-state index contributed by atoms with van der Waals surface area (Å²) in [6, 6.07) is 26.5. The number of aromatic nitrogens is 5. The number of tetrazole rings is 1. The minimum Gasteiger partial charge on any atom is -0.322 e. The largest absolute Gasteiger partial charge is 0.322 e. The van der Waals surface area contributed by atoms with Gasteiger partial charge in [-0.2, -0.15) is 0 Å². The number of benzene rings is 3. The van der Waals surface area contributed by atoms with E-state index in [-0.39, 0.29) is 11.6 Å². The van der Waals surface area contributed by atoms with Crippen LogP contribution in [0.3, 0.4) is 0 Å². The van der Waals surface area contributed by atoms with Gasteiger partial charge in [0.2, 0.25) is 0 Å². The van der Waals surface area contributed by atoms with Gasteiger partial charge in [-0.25, -0.2) is 4.68 Å². The summed E-state index contributed by atoms with van der Waals surface area (Å²) in [5, 5.41) is 13.9. The molecule has 1 atom stereocenters. The van der Waals surface area contributed by atoms with Crippen LogP contribution >= 0.6 is 0 Å². The molecule has 0 bridgehead atoms. The molecule has 36 heavy (non-hydrogen) atoms. The molecule has 5 aromatic rings. The van der Waals surface area contributed by atoms with E-state index in [0.29, 0.717) is 17.9 Å². The van der Waals surface area contributed by atoms with Gasteiger partial charge < -0.3 is 4.98 Å². The van der Waals surface area contributed by atoms with E-state index in [2.05, 4.69) is 80.9 Å². The molecule has 3 heterocycles. The van der Waals surface area contributed by atoms with Gasteiger partial charge in [-0.1, -0.05) is 67.6 Å². The Balaban J connectivity index is 1.49. The molecule has 0 unspecified atom stereocenters. The summed E-state index contributed by atoms with van der Waals surface area (Å²) < 4.78 is 1.83. The van der Waals surface area contributed by atoms with Crippen molar-refractivity contribution in [3.8, 4) is 0 Å². The molecule has 1 aliphatic rings. The predicted molar refractivity (Wildman–Crippen MR) is 140 cm³/mol. The van der Waals surface area contributed by atoms with Gasteiger partial charge in [0, 0.05) is 24.2 Å². The van der Waals surface area contributed by atoms with Crippen molar-refractivity contribution < 1.29 is 0 Å². The summed E-state index contributed by atoms with van der Waals surface area (Å²) in [5.41, 5.74) is 6.38. The van der Waals surface area contributed by atoms with E-state index in [9.17, 15) is 4.79 Å². The fourth-order valence-electron chi connectivity index (χ4n) is 5.21. The van der Waals surface area contributed by atoms with Crippen LogP contribution in [-0.4, -0.2) is 36.6 Å². The highest BCUT2D eigenvalue weighted by atomic mass is 16.1. The molecule has 0 saturated carbocycles. The van der Waals surface area contributed by atoms with E-state index in [4.69, 9.17) is 0 Å². The zero-order chi connectivity index (χ0) is 24.5. The first-order valence-corrected chi connectivity index (χ1v) is 12.5. The Morgan fingerprint density at radius 1 is 0.944 bits per heavy atom. The highest BCUT2D eigenvalue weighted by Crippen LogP contribution is 2.32. The minimum atomic E-state index is -0.379. The maximum absolute atomic E-state index is 13.5. The fraction of sp³-hybridized carbons (Fsp3) is 0.241. The zero-order valence-electron chi connectivity index (χ0n) is 20.3. The molecule has 0 radical (unpaired) electrons. The summed E-state index contributed by atoms with van der Waals surface area (Å²) in [7, 11) is 0. The first-order chi connectivity index (χ1) is 17.7. The molecule has 180 valence electrons. The molecular formula is C29H28N6O. The lowest BCUT2D eigenvalue weighted by Crippen LogP contribution is -2.38. The second-order valence-electron chi connectivity index (χ2n) is 9.40. The molecule has 0 spiro atoms. The van der Waals surface area contributed by atoms with Crippen molar-refractivity contribution in [2.45, 2.75) is 38.9 Å². The average molecular weight is 477 g/mol. The summed E-state index contributed by atoms with van der Waals surface area (Å²) in [5.74, 6) is 0.676. The SMILES string of the molecule is CCc1ccc2[nH]c(=O)c([C@H](c3nnnn3Cc3ccccc3)N3CCc4ccccc4C3)cc2c1. The Hall–Kier alpha value is -4.10. The number of rotatable bonds is 6. The number of nitrogens with one attached hydrogen (secondary N) is 1. The number of fused-ring (bicyclic) bond motifs is 2. The molecule has 6 rings (SSSR count). The minimum absolute atomic E-state index is 0.107. The van der Waals surface area contributed by atoms with Crippen LogP contribution in [0.15, 0.2) is 83.7 Å². The van der Waals surface area contributed by atoms with Crippen LogP contribution in [0, 0.1) is 0 Å². The highest BCUT2D eigenvalue weighted by molar-refractivity contribution is 5.80. The van der Waals surface area contributed by atoms with Crippen LogP contribution in [0.2, 0.25) is 0 Å². The molecule has 0 saturated heterocycles. The van der Waals surface area contributed by atoms with E-state index in [1.165, 1.54) is 16.7 Å².